The summed E-state index contributed by atoms with van der Waals surface area (Å²) in [4.78, 5) is 26.4. The number of hydrogen-bond acceptors (Lipinski definition) is 9. The van der Waals surface area contributed by atoms with E-state index in [-0.39, 0.29) is 18.5 Å². The maximum absolute atomic E-state index is 12.9. The van der Waals surface area contributed by atoms with Gasteiger partial charge in [0.15, 0.2) is 28.8 Å². The molecule has 7 rings (SSSR count). The molecule has 3 aromatic carbocycles. The Labute approximate surface area is 271 Å². The summed E-state index contributed by atoms with van der Waals surface area (Å²) < 4.78 is 28.1. The SMILES string of the molecule is O=C(OC[C@]12CO[C@@H]([C@H](n3cnc4c(NCc5cccc(I)c5)nc(Cl)nc43)O1)[C@@H]2OCc1ccccc1)c1ccccc1. The Morgan fingerprint density at radius 2 is 1.82 bits per heavy atom. The summed E-state index contributed by atoms with van der Waals surface area (Å²) in [6, 6.07) is 26.9. The minimum atomic E-state index is -1.05. The Bertz CT molecular complexity index is 1790. The number of carbonyl (C=O) groups excluding carboxylic acids is 1. The number of esters is 1. The summed E-state index contributed by atoms with van der Waals surface area (Å²) in [5, 5.41) is 3.41. The Balaban J connectivity index is 1.17. The van der Waals surface area contributed by atoms with Crippen LogP contribution < -0.4 is 5.32 Å². The van der Waals surface area contributed by atoms with Crippen LogP contribution in [0.1, 0.15) is 27.7 Å². The molecule has 44 heavy (non-hydrogen) atoms. The summed E-state index contributed by atoms with van der Waals surface area (Å²) in [6.45, 7) is 1.00. The fourth-order valence-electron chi connectivity index (χ4n) is 5.60. The van der Waals surface area contributed by atoms with Gasteiger partial charge in [0.1, 0.15) is 18.8 Å². The molecule has 12 heteroatoms. The van der Waals surface area contributed by atoms with Crippen LogP contribution in [0.5, 0.6) is 0 Å². The van der Waals surface area contributed by atoms with Crippen molar-refractivity contribution in [2.45, 2.75) is 37.2 Å². The molecule has 0 aliphatic carbocycles. The van der Waals surface area contributed by atoms with E-state index in [0.29, 0.717) is 35.7 Å². The van der Waals surface area contributed by atoms with E-state index in [0.717, 1.165) is 14.7 Å². The number of ether oxygens (including phenoxy) is 4. The second-order valence-electron chi connectivity index (χ2n) is 10.7. The predicted octanol–water partition coefficient (Wildman–Crippen LogP) is 5.81. The number of benzene rings is 3. The largest absolute Gasteiger partial charge is 0.459 e. The molecule has 4 heterocycles. The zero-order valence-corrected chi connectivity index (χ0v) is 26.2. The molecule has 0 saturated carbocycles. The van der Waals surface area contributed by atoms with Gasteiger partial charge >= 0.3 is 5.97 Å². The summed E-state index contributed by atoms with van der Waals surface area (Å²) in [6.07, 6.45) is -0.0920. The molecule has 2 aromatic heterocycles. The fraction of sp³-hybridized carbons (Fsp3) is 0.250. The molecule has 4 atom stereocenters. The number of nitrogens with one attached hydrogen (secondary N) is 1. The molecule has 2 fully saturated rings. The van der Waals surface area contributed by atoms with E-state index in [4.69, 9.17) is 30.5 Å². The third kappa shape index (κ3) is 5.77. The van der Waals surface area contributed by atoms with Crippen molar-refractivity contribution in [3.63, 3.8) is 0 Å². The van der Waals surface area contributed by atoms with Crippen LogP contribution in [0, 0.1) is 3.57 Å². The maximum Gasteiger partial charge on any atom is 0.338 e. The molecule has 0 radical (unpaired) electrons. The van der Waals surface area contributed by atoms with Crippen molar-refractivity contribution in [3.8, 4) is 0 Å². The Hall–Kier alpha value is -3.62. The van der Waals surface area contributed by atoms with E-state index in [1.807, 2.05) is 54.6 Å². The van der Waals surface area contributed by atoms with Gasteiger partial charge in [-0.1, -0.05) is 60.7 Å². The number of fused-ring (bicyclic) bond motifs is 3. The van der Waals surface area contributed by atoms with Gasteiger partial charge in [0.05, 0.1) is 25.1 Å². The van der Waals surface area contributed by atoms with Gasteiger partial charge in [0.25, 0.3) is 0 Å². The van der Waals surface area contributed by atoms with Crippen molar-refractivity contribution in [3.05, 3.63) is 117 Å². The molecule has 0 unspecified atom stereocenters. The van der Waals surface area contributed by atoms with E-state index in [2.05, 4.69) is 48.9 Å². The number of carbonyl (C=O) groups is 1. The average Bonchev–Trinajstić information content (AvgIpc) is 3.72. The topological polar surface area (TPSA) is 110 Å². The highest BCUT2D eigenvalue weighted by molar-refractivity contribution is 14.1. The van der Waals surface area contributed by atoms with Gasteiger partial charge in [0.2, 0.25) is 5.28 Å². The van der Waals surface area contributed by atoms with Gasteiger partial charge in [-0.25, -0.2) is 9.78 Å². The van der Waals surface area contributed by atoms with Crippen LogP contribution in [0.4, 0.5) is 5.82 Å². The van der Waals surface area contributed by atoms with Crippen molar-refractivity contribution in [2.24, 2.45) is 0 Å². The zero-order chi connectivity index (χ0) is 30.1. The minimum Gasteiger partial charge on any atom is -0.459 e. The number of nitrogens with zero attached hydrogens (tertiary/aromatic N) is 4. The Kier molecular flexibility index (Phi) is 8.21. The molecule has 5 aromatic rings. The minimum absolute atomic E-state index is 0.0573. The van der Waals surface area contributed by atoms with Gasteiger partial charge in [-0.05, 0) is 69.6 Å². The molecule has 1 N–H and O–H groups in total. The first-order chi connectivity index (χ1) is 21.5. The molecule has 2 aliphatic heterocycles. The number of imidazole rings is 1. The van der Waals surface area contributed by atoms with Crippen molar-refractivity contribution in [1.29, 1.82) is 0 Å². The van der Waals surface area contributed by atoms with Crippen LogP contribution in [0.15, 0.2) is 91.3 Å². The normalized spacial score (nSPS) is 22.4. The standard InChI is InChI=1S/C32H27ClIN5O5/c33-31-37-27(35-15-21-10-7-13-23(34)14-21)24-28(38-31)39(19-36-24)29-25-26(41-16-20-8-3-1-4-9-20)32(44-29,17-42-25)18-43-30(40)22-11-5-2-6-12-22/h1-14,19,25-26,29H,15-18H2,(H,35,37,38)/t25-,26+,29-,32+/m1/s1. The third-order valence-corrected chi connectivity index (χ3v) is 8.56. The van der Waals surface area contributed by atoms with Crippen molar-refractivity contribution in [2.75, 3.05) is 18.5 Å². The van der Waals surface area contributed by atoms with Gasteiger partial charge < -0.3 is 24.3 Å². The van der Waals surface area contributed by atoms with Crippen LogP contribution in [0.3, 0.4) is 0 Å². The van der Waals surface area contributed by atoms with Crippen molar-refractivity contribution < 1.29 is 23.7 Å². The molecule has 0 amide bonds. The van der Waals surface area contributed by atoms with Crippen LogP contribution in [0.25, 0.3) is 11.2 Å². The van der Waals surface area contributed by atoms with E-state index in [9.17, 15) is 4.79 Å². The van der Waals surface area contributed by atoms with Crippen LogP contribution in [0.2, 0.25) is 5.28 Å². The lowest BCUT2D eigenvalue weighted by Crippen LogP contribution is -2.46. The highest BCUT2D eigenvalue weighted by atomic mass is 127. The second kappa shape index (κ2) is 12.4. The first kappa shape index (κ1) is 29.1. The smallest absolute Gasteiger partial charge is 0.338 e. The number of anilines is 1. The number of rotatable bonds is 10. The molecule has 10 nitrogen and oxygen atoms in total. The van der Waals surface area contributed by atoms with Crippen molar-refractivity contribution >= 4 is 57.1 Å². The molecular formula is C32H27ClIN5O5. The Morgan fingerprint density at radius 1 is 1.05 bits per heavy atom. The summed E-state index contributed by atoms with van der Waals surface area (Å²) >= 11 is 8.69. The van der Waals surface area contributed by atoms with Gasteiger partial charge in [-0.2, -0.15) is 9.97 Å². The summed E-state index contributed by atoms with van der Waals surface area (Å²) in [5.41, 5.74) is 2.52. The number of hydrogen-bond donors (Lipinski definition) is 1. The van der Waals surface area contributed by atoms with Gasteiger partial charge in [-0.15, -0.1) is 0 Å². The highest BCUT2D eigenvalue weighted by Crippen LogP contribution is 2.48. The molecule has 224 valence electrons. The van der Waals surface area contributed by atoms with E-state index in [1.54, 1.807) is 35.2 Å². The van der Waals surface area contributed by atoms with Crippen LogP contribution in [-0.2, 0) is 32.1 Å². The molecular weight excluding hydrogens is 697 g/mol. The third-order valence-electron chi connectivity index (χ3n) is 7.72. The second-order valence-corrected chi connectivity index (χ2v) is 12.2. The lowest BCUT2D eigenvalue weighted by molar-refractivity contribution is -0.187. The van der Waals surface area contributed by atoms with Crippen LogP contribution >= 0.6 is 34.2 Å². The molecule has 0 spiro atoms. The van der Waals surface area contributed by atoms with Crippen molar-refractivity contribution in [1.82, 2.24) is 19.5 Å². The van der Waals surface area contributed by atoms with E-state index >= 15 is 0 Å². The lowest BCUT2D eigenvalue weighted by Gasteiger charge is -2.31. The van der Waals surface area contributed by atoms with Gasteiger partial charge in [-0.3, -0.25) is 4.57 Å². The van der Waals surface area contributed by atoms with Gasteiger partial charge in [0, 0.05) is 10.1 Å². The fourth-order valence-corrected chi connectivity index (χ4v) is 6.38. The van der Waals surface area contributed by atoms with E-state index in [1.165, 1.54) is 0 Å². The quantitative estimate of drug-likeness (QED) is 0.109. The predicted molar refractivity (Wildman–Crippen MR) is 171 cm³/mol. The number of halogens is 2. The lowest BCUT2D eigenvalue weighted by atomic mass is 10.00. The first-order valence-electron chi connectivity index (χ1n) is 14.0. The monoisotopic (exact) mass is 723 g/mol. The summed E-state index contributed by atoms with van der Waals surface area (Å²) in [7, 11) is 0. The highest BCUT2D eigenvalue weighted by Gasteiger charge is 2.64. The molecule has 2 aliphatic rings. The molecule has 2 saturated heterocycles. The summed E-state index contributed by atoms with van der Waals surface area (Å²) in [5.74, 6) is 0.0544. The number of aromatic nitrogens is 4. The maximum atomic E-state index is 12.9. The Morgan fingerprint density at radius 3 is 2.61 bits per heavy atom. The molecule has 2 bridgehead atoms. The van der Waals surface area contributed by atoms with E-state index < -0.39 is 30.0 Å². The average molecular weight is 724 g/mol. The zero-order valence-electron chi connectivity index (χ0n) is 23.3. The first-order valence-corrected chi connectivity index (χ1v) is 15.5. The van der Waals surface area contributed by atoms with Crippen LogP contribution in [-0.4, -0.2) is 56.5 Å².